The average Bonchev–Trinajstić information content (AvgIpc) is 3.05. The number of aromatic nitrogens is 3. The lowest BCUT2D eigenvalue weighted by Crippen LogP contribution is -2.03. The van der Waals surface area contributed by atoms with Crippen LogP contribution in [0.2, 0.25) is 0 Å². The Labute approximate surface area is 133 Å². The summed E-state index contributed by atoms with van der Waals surface area (Å²) in [5, 5.41) is 20.8. The van der Waals surface area contributed by atoms with Gasteiger partial charge in [-0.05, 0) is 37.1 Å². The van der Waals surface area contributed by atoms with E-state index >= 15 is 0 Å². The molecule has 1 aliphatic rings. The number of aliphatic hydroxyl groups is 1. The predicted octanol–water partition coefficient (Wildman–Crippen LogP) is 3.52. The van der Waals surface area contributed by atoms with Gasteiger partial charge in [0.05, 0.1) is 0 Å². The predicted molar refractivity (Wildman–Crippen MR) is 87.1 cm³/mol. The molecule has 3 rings (SSSR count). The van der Waals surface area contributed by atoms with Crippen molar-refractivity contribution in [1.29, 1.82) is 0 Å². The normalized spacial score (nSPS) is 14.7. The van der Waals surface area contributed by atoms with Crippen molar-refractivity contribution in [1.82, 2.24) is 14.8 Å². The molecule has 0 radical (unpaired) electrons. The largest absolute Gasteiger partial charge is 0.396 e. The monoisotopic (exact) mass is 323 g/mol. The Kier molecular flexibility index (Phi) is 5.32. The molecule has 4 nitrogen and oxygen atoms in total. The van der Waals surface area contributed by atoms with Crippen LogP contribution in [-0.4, -0.2) is 32.2 Å². The van der Waals surface area contributed by atoms with Gasteiger partial charge in [-0.1, -0.05) is 24.2 Å². The minimum atomic E-state index is 0.299. The Balaban J connectivity index is 1.62. The van der Waals surface area contributed by atoms with Crippen molar-refractivity contribution in [2.45, 2.75) is 49.7 Å². The summed E-state index contributed by atoms with van der Waals surface area (Å²) in [6.45, 7) is 0.299. The molecule has 1 fully saturated rings. The highest BCUT2D eigenvalue weighted by molar-refractivity contribution is 7.99. The standard InChI is InChI=1S/C15H21N3OS2/c19-8-2-1-3-9-21-15-17-16-14(18(15)12-6-7-12)11-13-5-4-10-20-13/h4-5,10,12,19H,1-3,6-9,11H2. The van der Waals surface area contributed by atoms with Crippen molar-refractivity contribution in [2.24, 2.45) is 0 Å². The molecule has 0 aromatic carbocycles. The summed E-state index contributed by atoms with van der Waals surface area (Å²) in [4.78, 5) is 1.35. The van der Waals surface area contributed by atoms with Crippen LogP contribution in [0.4, 0.5) is 0 Å². The van der Waals surface area contributed by atoms with E-state index in [1.54, 1.807) is 11.3 Å². The average molecular weight is 323 g/mol. The van der Waals surface area contributed by atoms with Gasteiger partial charge in [-0.25, -0.2) is 0 Å². The molecule has 1 aliphatic carbocycles. The second-order valence-electron chi connectivity index (χ2n) is 5.39. The zero-order valence-electron chi connectivity index (χ0n) is 12.1. The molecule has 2 heterocycles. The lowest BCUT2D eigenvalue weighted by molar-refractivity contribution is 0.284. The molecule has 1 N–H and O–H groups in total. The molecular formula is C15H21N3OS2. The number of thioether (sulfide) groups is 1. The number of rotatable bonds is 9. The van der Waals surface area contributed by atoms with E-state index < -0.39 is 0 Å². The van der Waals surface area contributed by atoms with Crippen LogP contribution in [-0.2, 0) is 6.42 Å². The highest BCUT2D eigenvalue weighted by Crippen LogP contribution is 2.39. The fourth-order valence-corrected chi connectivity index (χ4v) is 4.07. The summed E-state index contributed by atoms with van der Waals surface area (Å²) >= 11 is 3.59. The maximum atomic E-state index is 8.80. The van der Waals surface area contributed by atoms with Crippen molar-refractivity contribution in [2.75, 3.05) is 12.4 Å². The fraction of sp³-hybridized carbons (Fsp3) is 0.600. The van der Waals surface area contributed by atoms with Gasteiger partial charge in [0.2, 0.25) is 0 Å². The second-order valence-corrected chi connectivity index (χ2v) is 7.48. The first-order valence-corrected chi connectivity index (χ1v) is 9.45. The quantitative estimate of drug-likeness (QED) is 0.567. The summed E-state index contributed by atoms with van der Waals surface area (Å²) in [7, 11) is 0. The Hall–Kier alpha value is -0.850. The number of thiophene rings is 1. The second kappa shape index (κ2) is 7.42. The highest BCUT2D eigenvalue weighted by atomic mass is 32.2. The molecule has 2 aromatic heterocycles. The SMILES string of the molecule is OCCCCCSc1nnc(Cc2cccs2)n1C1CC1. The van der Waals surface area contributed by atoms with E-state index in [0.717, 1.165) is 42.4 Å². The van der Waals surface area contributed by atoms with E-state index in [2.05, 4.69) is 32.3 Å². The molecule has 0 amide bonds. The zero-order chi connectivity index (χ0) is 14.5. The lowest BCUT2D eigenvalue weighted by Gasteiger charge is -2.08. The smallest absolute Gasteiger partial charge is 0.191 e. The van der Waals surface area contributed by atoms with Gasteiger partial charge in [-0.3, -0.25) is 0 Å². The third-order valence-electron chi connectivity index (χ3n) is 3.59. The van der Waals surface area contributed by atoms with Crippen LogP contribution in [0.5, 0.6) is 0 Å². The Morgan fingerprint density at radius 1 is 1.29 bits per heavy atom. The van der Waals surface area contributed by atoms with Gasteiger partial charge in [-0.2, -0.15) is 0 Å². The molecule has 1 saturated carbocycles. The van der Waals surface area contributed by atoms with Crippen LogP contribution in [0.15, 0.2) is 22.7 Å². The van der Waals surface area contributed by atoms with Crippen LogP contribution in [0.25, 0.3) is 0 Å². The third-order valence-corrected chi connectivity index (χ3v) is 5.50. The molecule has 21 heavy (non-hydrogen) atoms. The van der Waals surface area contributed by atoms with Crippen LogP contribution in [0.3, 0.4) is 0 Å². The minimum absolute atomic E-state index is 0.299. The number of aliphatic hydroxyl groups excluding tert-OH is 1. The molecular weight excluding hydrogens is 302 g/mol. The first kappa shape index (κ1) is 15.1. The summed E-state index contributed by atoms with van der Waals surface area (Å²) in [5.74, 6) is 2.17. The Morgan fingerprint density at radius 3 is 2.90 bits per heavy atom. The van der Waals surface area contributed by atoms with Crippen LogP contribution in [0.1, 0.15) is 48.8 Å². The maximum absolute atomic E-state index is 8.80. The molecule has 6 heteroatoms. The van der Waals surface area contributed by atoms with Gasteiger partial charge >= 0.3 is 0 Å². The van der Waals surface area contributed by atoms with Gasteiger partial charge < -0.3 is 9.67 Å². The van der Waals surface area contributed by atoms with Crippen molar-refractivity contribution in [3.8, 4) is 0 Å². The van der Waals surface area contributed by atoms with E-state index in [4.69, 9.17) is 5.11 Å². The molecule has 0 spiro atoms. The molecule has 0 aliphatic heterocycles. The summed E-state index contributed by atoms with van der Waals surface area (Å²) in [5.41, 5.74) is 0. The van der Waals surface area contributed by atoms with Crippen molar-refractivity contribution >= 4 is 23.1 Å². The summed E-state index contributed by atoms with van der Waals surface area (Å²) < 4.78 is 2.36. The molecule has 2 aromatic rings. The van der Waals surface area contributed by atoms with Crippen molar-refractivity contribution < 1.29 is 5.11 Å². The maximum Gasteiger partial charge on any atom is 0.191 e. The third kappa shape index (κ3) is 4.08. The van der Waals surface area contributed by atoms with E-state index in [9.17, 15) is 0 Å². The summed E-state index contributed by atoms with van der Waals surface area (Å²) in [6.07, 6.45) is 6.53. The minimum Gasteiger partial charge on any atom is -0.396 e. The van der Waals surface area contributed by atoms with E-state index in [1.165, 1.54) is 17.7 Å². The van der Waals surface area contributed by atoms with Gasteiger partial charge in [0.15, 0.2) is 5.16 Å². The van der Waals surface area contributed by atoms with Gasteiger partial charge in [-0.15, -0.1) is 21.5 Å². The Bertz CT molecular complexity index is 549. The first-order valence-electron chi connectivity index (χ1n) is 7.58. The van der Waals surface area contributed by atoms with Gasteiger partial charge in [0, 0.05) is 29.7 Å². The van der Waals surface area contributed by atoms with Crippen molar-refractivity contribution in [3.05, 3.63) is 28.2 Å². The number of unbranched alkanes of at least 4 members (excludes halogenated alkanes) is 2. The van der Waals surface area contributed by atoms with E-state index in [0.29, 0.717) is 12.6 Å². The first-order chi connectivity index (χ1) is 10.4. The fourth-order valence-electron chi connectivity index (χ4n) is 2.35. The molecule has 0 saturated heterocycles. The van der Waals surface area contributed by atoms with Gasteiger partial charge in [0.1, 0.15) is 5.82 Å². The number of hydrogen-bond donors (Lipinski definition) is 1. The molecule has 0 bridgehead atoms. The summed E-state index contributed by atoms with van der Waals surface area (Å²) in [6, 6.07) is 4.88. The molecule has 114 valence electrons. The van der Waals surface area contributed by atoms with Crippen molar-refractivity contribution in [3.63, 3.8) is 0 Å². The Morgan fingerprint density at radius 2 is 2.19 bits per heavy atom. The molecule has 0 unspecified atom stereocenters. The number of hydrogen-bond acceptors (Lipinski definition) is 5. The van der Waals surface area contributed by atoms with Crippen LogP contribution < -0.4 is 0 Å². The van der Waals surface area contributed by atoms with E-state index in [-0.39, 0.29) is 0 Å². The zero-order valence-corrected chi connectivity index (χ0v) is 13.7. The van der Waals surface area contributed by atoms with E-state index in [1.807, 2.05) is 11.8 Å². The molecule has 0 atom stereocenters. The topological polar surface area (TPSA) is 50.9 Å². The number of nitrogens with zero attached hydrogens (tertiary/aromatic N) is 3. The van der Waals surface area contributed by atoms with Gasteiger partial charge in [0.25, 0.3) is 0 Å². The van der Waals surface area contributed by atoms with Crippen LogP contribution >= 0.6 is 23.1 Å². The lowest BCUT2D eigenvalue weighted by atomic mass is 10.3. The van der Waals surface area contributed by atoms with Crippen LogP contribution in [0, 0.1) is 0 Å². The highest BCUT2D eigenvalue weighted by Gasteiger charge is 2.29.